The van der Waals surface area contributed by atoms with Crippen molar-refractivity contribution in [2.75, 3.05) is 20.1 Å². The van der Waals surface area contributed by atoms with Gasteiger partial charge < -0.3 is 14.9 Å². The number of para-hydroxylation sites is 1. The molecule has 0 atom stereocenters. The molecule has 0 spiro atoms. The highest BCUT2D eigenvalue weighted by Gasteiger charge is 2.17. The van der Waals surface area contributed by atoms with Crippen LogP contribution in [0.4, 0.5) is 0 Å². The average molecular weight is 468 g/mol. The smallest absolute Gasteiger partial charge is 0.343 e. The number of allylic oxidation sites excluding steroid dienone is 2. The zero-order chi connectivity index (χ0) is 24.2. The summed E-state index contributed by atoms with van der Waals surface area (Å²) in [7, 11) is 1.50. The van der Waals surface area contributed by atoms with Crippen LogP contribution in [0.1, 0.15) is 46.1 Å². The molecule has 1 aromatic heterocycles. The molecule has 1 aromatic carbocycles. The Kier molecular flexibility index (Phi) is 10.9. The first-order valence-corrected chi connectivity index (χ1v) is 12.4. The summed E-state index contributed by atoms with van der Waals surface area (Å²) in [5.74, 6) is 0.846. The van der Waals surface area contributed by atoms with Gasteiger partial charge in [-0.1, -0.05) is 39.8 Å². The van der Waals surface area contributed by atoms with E-state index >= 15 is 0 Å². The Morgan fingerprint density at radius 1 is 1.03 bits per heavy atom. The molecule has 6 heteroatoms. The summed E-state index contributed by atoms with van der Waals surface area (Å²) in [6.07, 6.45) is 11.8. The molecule has 1 aliphatic carbocycles. The van der Waals surface area contributed by atoms with Gasteiger partial charge in [-0.15, -0.1) is 0 Å². The van der Waals surface area contributed by atoms with E-state index in [0.717, 1.165) is 52.9 Å². The molecule has 176 valence electrons. The maximum absolute atomic E-state index is 12.5. The van der Waals surface area contributed by atoms with E-state index in [-0.39, 0.29) is 5.63 Å². The summed E-state index contributed by atoms with van der Waals surface area (Å²) in [5, 5.41) is 1.26. The van der Waals surface area contributed by atoms with Gasteiger partial charge in [0.1, 0.15) is 24.3 Å². The Morgan fingerprint density at radius 3 is 2.39 bits per heavy atom. The Labute approximate surface area is 200 Å². The van der Waals surface area contributed by atoms with E-state index in [4.69, 9.17) is 9.15 Å². The molecule has 0 fully saturated rings. The number of hydrogen-bond donors (Lipinski definition) is 1. The maximum atomic E-state index is 12.5. The van der Waals surface area contributed by atoms with E-state index in [1.807, 2.05) is 62.4 Å². The van der Waals surface area contributed by atoms with Crippen LogP contribution in [0.15, 0.2) is 61.7 Å². The third-order valence-corrected chi connectivity index (χ3v) is 5.75. The number of ether oxygens (including phenoxy) is 1. The highest BCUT2D eigenvalue weighted by Crippen LogP contribution is 2.42. The van der Waals surface area contributed by atoms with Crippen LogP contribution < -0.4 is 26.7 Å². The summed E-state index contributed by atoms with van der Waals surface area (Å²) in [6.45, 7) is 10.3. The Bertz CT molecular complexity index is 1170. The van der Waals surface area contributed by atoms with Crippen LogP contribution in [0.5, 0.6) is 5.75 Å². The van der Waals surface area contributed by atoms with Crippen LogP contribution in [0, 0.1) is 0 Å². The van der Waals surface area contributed by atoms with Crippen molar-refractivity contribution in [1.82, 2.24) is 0 Å². The molecule has 2 N–H and O–H groups in total. The lowest BCUT2D eigenvalue weighted by Gasteiger charge is -2.06. The fourth-order valence-corrected chi connectivity index (χ4v) is 4.26. The monoisotopic (exact) mass is 467 g/mol. The molecule has 2 aliphatic rings. The summed E-state index contributed by atoms with van der Waals surface area (Å²) < 4.78 is 13.8. The van der Waals surface area contributed by atoms with Gasteiger partial charge in [-0.05, 0) is 55.2 Å². The van der Waals surface area contributed by atoms with Gasteiger partial charge in [0.2, 0.25) is 5.71 Å². The van der Waals surface area contributed by atoms with E-state index in [1.54, 1.807) is 17.8 Å². The van der Waals surface area contributed by atoms with E-state index in [9.17, 15) is 4.79 Å². The minimum atomic E-state index is -0.343. The molecular formula is C27H35N2O3S+. The molecular weight excluding hydrogens is 432 g/mol. The number of rotatable bonds is 5. The van der Waals surface area contributed by atoms with Crippen molar-refractivity contribution in [2.24, 2.45) is 5.73 Å². The van der Waals surface area contributed by atoms with Gasteiger partial charge in [-0.25, -0.2) is 9.37 Å². The first-order valence-electron chi connectivity index (χ1n) is 11.6. The van der Waals surface area contributed by atoms with E-state index in [0.29, 0.717) is 10.6 Å². The standard InChI is InChI=1S/C24H24NO3S.C2H6.CH5N/c1-3-13-25(14-4-2)19-11-9-17-15-18(24(26)28-21(17)16-19)10-12-23-27-20-7-5-6-8-22(20)29-23;2*1-2/h5-12,15-16H,3-4,13-14H2,1-2H3;1-2H3;2H2,1H3/q+1;;/b18-10-,23-12-;;. The normalized spacial score (nSPS) is 14.8. The first kappa shape index (κ1) is 26.4. The van der Waals surface area contributed by atoms with Gasteiger partial charge >= 0.3 is 5.63 Å². The molecule has 0 saturated carbocycles. The van der Waals surface area contributed by atoms with Crippen molar-refractivity contribution in [3.05, 3.63) is 74.2 Å². The molecule has 2 heterocycles. The van der Waals surface area contributed by atoms with Crippen molar-refractivity contribution >= 4 is 35.7 Å². The number of fused-ring (bicyclic) bond motifs is 2. The van der Waals surface area contributed by atoms with E-state index < -0.39 is 0 Å². The van der Waals surface area contributed by atoms with Crippen molar-refractivity contribution in [3.63, 3.8) is 0 Å². The van der Waals surface area contributed by atoms with Gasteiger partial charge in [0.15, 0.2) is 5.09 Å². The topological polar surface area (TPSA) is 68.5 Å². The second kappa shape index (κ2) is 13.7. The second-order valence-electron chi connectivity index (χ2n) is 7.00. The molecule has 0 amide bonds. The fourth-order valence-electron chi connectivity index (χ4n) is 3.42. The number of hydrogen-bond acceptors (Lipinski definition) is 5. The van der Waals surface area contributed by atoms with Crippen molar-refractivity contribution in [3.8, 4) is 5.75 Å². The maximum Gasteiger partial charge on any atom is 0.343 e. The molecule has 0 saturated heterocycles. The van der Waals surface area contributed by atoms with Gasteiger partial charge in [-0.3, -0.25) is 0 Å². The van der Waals surface area contributed by atoms with Crippen LogP contribution in [-0.4, -0.2) is 30.4 Å². The molecule has 0 unspecified atom stereocenters. The van der Waals surface area contributed by atoms with Crippen LogP contribution >= 0.6 is 11.8 Å². The third kappa shape index (κ3) is 6.83. The molecule has 0 bridgehead atoms. The van der Waals surface area contributed by atoms with Crippen molar-refractivity contribution < 1.29 is 13.7 Å². The van der Waals surface area contributed by atoms with E-state index in [1.165, 1.54) is 7.05 Å². The Morgan fingerprint density at radius 2 is 1.73 bits per heavy atom. The first-order chi connectivity index (χ1) is 16.2. The fraction of sp³-hybridized carbons (Fsp3) is 0.333. The van der Waals surface area contributed by atoms with E-state index in [2.05, 4.69) is 30.2 Å². The van der Waals surface area contributed by atoms with Crippen molar-refractivity contribution in [1.29, 1.82) is 0 Å². The predicted molar refractivity (Wildman–Crippen MR) is 140 cm³/mol. The number of benzene rings is 1. The molecule has 1 aliphatic heterocycles. The van der Waals surface area contributed by atoms with Crippen molar-refractivity contribution in [2.45, 2.75) is 45.4 Å². The van der Waals surface area contributed by atoms with Gasteiger partial charge in [0, 0.05) is 24.5 Å². The number of thioether (sulfide) groups is 1. The molecule has 4 rings (SSSR count). The Hall–Kier alpha value is -2.83. The lowest BCUT2D eigenvalue weighted by atomic mass is 10.1. The summed E-state index contributed by atoms with van der Waals surface area (Å²) >= 11 is 1.55. The second-order valence-corrected chi connectivity index (χ2v) is 8.05. The summed E-state index contributed by atoms with van der Waals surface area (Å²) in [4.78, 5) is 13.6. The number of nitrogens with two attached hydrogens (primary N) is 1. The third-order valence-electron chi connectivity index (χ3n) is 4.77. The van der Waals surface area contributed by atoms with Gasteiger partial charge in [0.05, 0.1) is 16.2 Å². The SMILES string of the molecule is CC.CCC[N+](CCC)=C1C=Cc2c/c(=C/C=C3/Oc4ccccc4S3)c(=O)oc2=C1.CN. The quantitative estimate of drug-likeness (QED) is 0.670. The summed E-state index contributed by atoms with van der Waals surface area (Å²) in [6, 6.07) is 9.75. The largest absolute Gasteiger partial charge is 0.449 e. The Balaban J connectivity index is 0.000000914. The van der Waals surface area contributed by atoms with Crippen LogP contribution in [0.25, 0.3) is 18.2 Å². The summed E-state index contributed by atoms with van der Waals surface area (Å²) in [5.41, 5.74) is 6.78. The lowest BCUT2D eigenvalue weighted by molar-refractivity contribution is -0.525. The van der Waals surface area contributed by atoms with Gasteiger partial charge in [-0.2, -0.15) is 0 Å². The van der Waals surface area contributed by atoms with Crippen LogP contribution in [0.3, 0.4) is 0 Å². The zero-order valence-corrected chi connectivity index (χ0v) is 21.1. The highest BCUT2D eigenvalue weighted by atomic mass is 32.2. The zero-order valence-electron chi connectivity index (χ0n) is 20.3. The molecule has 0 radical (unpaired) electrons. The number of nitrogens with zero attached hydrogens (tertiary/aromatic N) is 1. The van der Waals surface area contributed by atoms with Gasteiger partial charge in [0.25, 0.3) is 0 Å². The molecule has 33 heavy (non-hydrogen) atoms. The minimum Gasteiger partial charge on any atom is -0.449 e. The molecule has 2 aromatic rings. The lowest BCUT2D eigenvalue weighted by Crippen LogP contribution is -2.32. The predicted octanol–water partition coefficient (Wildman–Crippen LogP) is 4.13. The highest BCUT2D eigenvalue weighted by molar-refractivity contribution is 8.03. The molecule has 5 nitrogen and oxygen atoms in total. The average Bonchev–Trinajstić information content (AvgIpc) is 3.28. The minimum absolute atomic E-state index is 0.343. The van der Waals surface area contributed by atoms with Crippen LogP contribution in [-0.2, 0) is 0 Å². The van der Waals surface area contributed by atoms with Crippen LogP contribution in [0.2, 0.25) is 0 Å².